The summed E-state index contributed by atoms with van der Waals surface area (Å²) in [6.07, 6.45) is 0. The second-order valence-electron chi connectivity index (χ2n) is 4.27. The molecule has 19 heavy (non-hydrogen) atoms. The maximum atomic E-state index is 14.0. The Hall–Kier alpha value is -1.94. The highest BCUT2D eigenvalue weighted by Gasteiger charge is 2.17. The monoisotopic (exact) mass is 278 g/mol. The lowest BCUT2D eigenvalue weighted by Crippen LogP contribution is -1.94. The van der Waals surface area contributed by atoms with Crippen LogP contribution in [0, 0.1) is 18.6 Å². The van der Waals surface area contributed by atoms with Crippen molar-refractivity contribution in [2.45, 2.75) is 6.92 Å². The predicted octanol–water partition coefficient (Wildman–Crippen LogP) is 4.47. The van der Waals surface area contributed by atoms with Crippen LogP contribution in [-0.4, -0.2) is 9.97 Å². The van der Waals surface area contributed by atoms with Gasteiger partial charge in [-0.1, -0.05) is 23.7 Å². The van der Waals surface area contributed by atoms with Crippen LogP contribution in [0.5, 0.6) is 0 Å². The van der Waals surface area contributed by atoms with Gasteiger partial charge in [-0.25, -0.2) is 13.8 Å². The third kappa shape index (κ3) is 1.88. The van der Waals surface area contributed by atoms with E-state index in [2.05, 4.69) is 9.97 Å². The van der Waals surface area contributed by atoms with E-state index in [1.54, 1.807) is 25.1 Å². The molecule has 0 bridgehead atoms. The van der Waals surface area contributed by atoms with E-state index in [-0.39, 0.29) is 11.4 Å². The molecular weight excluding hydrogens is 270 g/mol. The lowest BCUT2D eigenvalue weighted by Gasteiger charge is -2.03. The van der Waals surface area contributed by atoms with Gasteiger partial charge in [-0.3, -0.25) is 0 Å². The molecule has 0 spiro atoms. The van der Waals surface area contributed by atoms with E-state index < -0.39 is 11.6 Å². The number of para-hydroxylation sites is 1. The average molecular weight is 279 g/mol. The van der Waals surface area contributed by atoms with E-state index in [9.17, 15) is 8.78 Å². The smallest absolute Gasteiger partial charge is 0.144 e. The summed E-state index contributed by atoms with van der Waals surface area (Å²) in [5.74, 6) is -1.13. The first-order valence-corrected chi connectivity index (χ1v) is 6.05. The van der Waals surface area contributed by atoms with Gasteiger partial charge in [-0.05, 0) is 30.7 Å². The van der Waals surface area contributed by atoms with E-state index in [1.807, 2.05) is 0 Å². The van der Waals surface area contributed by atoms with Crippen molar-refractivity contribution in [1.29, 1.82) is 0 Å². The largest absolute Gasteiger partial charge is 0.338 e. The standard InChI is InChI=1S/C14H9ClF2N2/c1-7-5-6-9(16)11(12(7)17)14-18-10-4-2-3-8(15)13(10)19-14/h2-6H,1H3,(H,18,19). The van der Waals surface area contributed by atoms with E-state index in [4.69, 9.17) is 11.6 Å². The molecule has 2 nitrogen and oxygen atoms in total. The fourth-order valence-electron chi connectivity index (χ4n) is 1.99. The summed E-state index contributed by atoms with van der Waals surface area (Å²) in [4.78, 5) is 7.06. The van der Waals surface area contributed by atoms with Crippen LogP contribution in [-0.2, 0) is 0 Å². The number of nitrogens with one attached hydrogen (secondary N) is 1. The van der Waals surface area contributed by atoms with Gasteiger partial charge in [0.1, 0.15) is 23.0 Å². The normalized spacial score (nSPS) is 11.2. The van der Waals surface area contributed by atoms with Crippen molar-refractivity contribution >= 4 is 22.6 Å². The quantitative estimate of drug-likeness (QED) is 0.699. The second kappa shape index (κ2) is 4.31. The number of fused-ring (bicyclic) bond motifs is 1. The first kappa shape index (κ1) is 12.1. The first-order chi connectivity index (χ1) is 9.08. The molecule has 3 rings (SSSR count). The highest BCUT2D eigenvalue weighted by Crippen LogP contribution is 2.29. The summed E-state index contributed by atoms with van der Waals surface area (Å²) >= 11 is 6.00. The molecule has 2 aromatic carbocycles. The third-order valence-corrected chi connectivity index (χ3v) is 3.29. The number of nitrogens with zero attached hydrogens (tertiary/aromatic N) is 1. The molecule has 0 amide bonds. The number of aryl methyl sites for hydroxylation is 1. The Morgan fingerprint density at radius 3 is 2.68 bits per heavy atom. The molecule has 3 aromatic rings. The topological polar surface area (TPSA) is 28.7 Å². The molecule has 1 N–H and O–H groups in total. The number of halogens is 3. The van der Waals surface area contributed by atoms with Gasteiger partial charge < -0.3 is 4.98 Å². The molecule has 1 aromatic heterocycles. The number of rotatable bonds is 1. The molecule has 0 aliphatic carbocycles. The molecule has 0 unspecified atom stereocenters. The Labute approximate surface area is 113 Å². The van der Waals surface area contributed by atoms with Gasteiger partial charge in [-0.15, -0.1) is 0 Å². The summed E-state index contributed by atoms with van der Waals surface area (Å²) in [5, 5.41) is 0.438. The zero-order chi connectivity index (χ0) is 13.6. The maximum Gasteiger partial charge on any atom is 0.144 e. The summed E-state index contributed by atoms with van der Waals surface area (Å²) in [6, 6.07) is 7.79. The minimum atomic E-state index is -0.654. The Morgan fingerprint density at radius 2 is 1.95 bits per heavy atom. The van der Waals surface area contributed by atoms with Crippen molar-refractivity contribution in [1.82, 2.24) is 9.97 Å². The molecule has 0 saturated heterocycles. The van der Waals surface area contributed by atoms with E-state index in [0.29, 0.717) is 21.6 Å². The van der Waals surface area contributed by atoms with Gasteiger partial charge in [0.15, 0.2) is 0 Å². The summed E-state index contributed by atoms with van der Waals surface area (Å²) in [6.45, 7) is 1.58. The number of hydrogen-bond donors (Lipinski definition) is 1. The predicted molar refractivity (Wildman–Crippen MR) is 71.2 cm³/mol. The van der Waals surface area contributed by atoms with Crippen LogP contribution >= 0.6 is 11.6 Å². The van der Waals surface area contributed by atoms with Gasteiger partial charge in [0.05, 0.1) is 16.1 Å². The number of hydrogen-bond acceptors (Lipinski definition) is 1. The molecular formula is C14H9ClF2N2. The lowest BCUT2D eigenvalue weighted by atomic mass is 10.1. The van der Waals surface area contributed by atoms with Crippen molar-refractivity contribution in [2.75, 3.05) is 0 Å². The zero-order valence-corrected chi connectivity index (χ0v) is 10.7. The third-order valence-electron chi connectivity index (χ3n) is 2.98. The molecule has 0 radical (unpaired) electrons. The fourth-order valence-corrected chi connectivity index (χ4v) is 2.21. The summed E-state index contributed by atoms with van der Waals surface area (Å²) < 4.78 is 27.9. The highest BCUT2D eigenvalue weighted by molar-refractivity contribution is 6.35. The second-order valence-corrected chi connectivity index (χ2v) is 4.68. The molecule has 0 aliphatic rings. The van der Waals surface area contributed by atoms with Crippen LogP contribution in [0.2, 0.25) is 5.02 Å². The van der Waals surface area contributed by atoms with Gasteiger partial charge in [0.25, 0.3) is 0 Å². The Balaban J connectivity index is 2.31. The molecule has 1 heterocycles. The molecule has 0 fully saturated rings. The van der Waals surface area contributed by atoms with E-state index >= 15 is 0 Å². The van der Waals surface area contributed by atoms with Gasteiger partial charge >= 0.3 is 0 Å². The van der Waals surface area contributed by atoms with Crippen LogP contribution in [0.25, 0.3) is 22.4 Å². The molecule has 0 atom stereocenters. The van der Waals surface area contributed by atoms with Crippen molar-refractivity contribution < 1.29 is 8.78 Å². The molecule has 0 aliphatic heterocycles. The number of H-pyrrole nitrogens is 1. The van der Waals surface area contributed by atoms with Crippen LogP contribution < -0.4 is 0 Å². The lowest BCUT2D eigenvalue weighted by molar-refractivity contribution is 0.582. The number of aromatic nitrogens is 2. The Kier molecular flexibility index (Phi) is 2.75. The Morgan fingerprint density at radius 1 is 1.16 bits per heavy atom. The number of aromatic amines is 1. The number of imidazole rings is 1. The zero-order valence-electron chi connectivity index (χ0n) is 9.97. The van der Waals surface area contributed by atoms with Crippen LogP contribution in [0.4, 0.5) is 8.78 Å². The van der Waals surface area contributed by atoms with Crippen LogP contribution in [0.1, 0.15) is 5.56 Å². The summed E-state index contributed by atoms with van der Waals surface area (Å²) in [7, 11) is 0. The Bertz CT molecular complexity index is 780. The molecule has 5 heteroatoms. The van der Waals surface area contributed by atoms with Crippen molar-refractivity contribution in [3.05, 3.63) is 52.6 Å². The highest BCUT2D eigenvalue weighted by atomic mass is 35.5. The first-order valence-electron chi connectivity index (χ1n) is 5.67. The summed E-state index contributed by atoms with van der Waals surface area (Å²) in [5.41, 5.74) is 1.34. The van der Waals surface area contributed by atoms with Crippen molar-refractivity contribution in [3.63, 3.8) is 0 Å². The van der Waals surface area contributed by atoms with E-state index in [0.717, 1.165) is 0 Å². The average Bonchev–Trinajstić information content (AvgIpc) is 2.80. The minimum absolute atomic E-state index is 0.141. The molecule has 0 saturated carbocycles. The van der Waals surface area contributed by atoms with Gasteiger partial charge in [0, 0.05) is 0 Å². The van der Waals surface area contributed by atoms with Crippen LogP contribution in [0.15, 0.2) is 30.3 Å². The van der Waals surface area contributed by atoms with Crippen molar-refractivity contribution in [2.24, 2.45) is 0 Å². The minimum Gasteiger partial charge on any atom is -0.338 e. The SMILES string of the molecule is Cc1ccc(F)c(-c2nc3c(Cl)cccc3[nH]2)c1F. The number of benzene rings is 2. The van der Waals surface area contributed by atoms with Gasteiger partial charge in [-0.2, -0.15) is 0 Å². The van der Waals surface area contributed by atoms with Crippen molar-refractivity contribution in [3.8, 4) is 11.4 Å². The van der Waals surface area contributed by atoms with Crippen LogP contribution in [0.3, 0.4) is 0 Å². The fraction of sp³-hybridized carbons (Fsp3) is 0.0714. The van der Waals surface area contributed by atoms with E-state index in [1.165, 1.54) is 12.1 Å². The maximum absolute atomic E-state index is 14.0. The molecule has 96 valence electrons. The van der Waals surface area contributed by atoms with Gasteiger partial charge in [0.2, 0.25) is 0 Å².